The van der Waals surface area contributed by atoms with E-state index in [1.165, 1.54) is 0 Å². The molecule has 3 rings (SSSR count). The minimum atomic E-state index is -0.426. The van der Waals surface area contributed by atoms with E-state index in [0.717, 1.165) is 22.6 Å². The van der Waals surface area contributed by atoms with Crippen LogP contribution < -0.4 is 11.5 Å². The number of nitrogens with zero attached hydrogens (tertiary/aromatic N) is 3. The Balaban J connectivity index is 2.10. The SMILES string of the molecule is Cc1cc2n(n1)CC(C)(c1cccc(N)c1)N=C2N. The van der Waals surface area contributed by atoms with Crippen molar-refractivity contribution in [3.05, 3.63) is 47.3 Å². The zero-order valence-corrected chi connectivity index (χ0v) is 11.1. The van der Waals surface area contributed by atoms with Crippen molar-refractivity contribution in [3.8, 4) is 0 Å². The fraction of sp³-hybridized carbons (Fsp3) is 0.286. The summed E-state index contributed by atoms with van der Waals surface area (Å²) in [5.41, 5.74) is 15.1. The molecule has 5 heteroatoms. The highest BCUT2D eigenvalue weighted by atomic mass is 15.3. The number of fused-ring (bicyclic) bond motifs is 1. The van der Waals surface area contributed by atoms with E-state index in [1.54, 1.807) is 0 Å². The molecule has 0 saturated heterocycles. The summed E-state index contributed by atoms with van der Waals surface area (Å²) in [5, 5.41) is 4.47. The molecule has 0 bridgehead atoms. The molecule has 5 nitrogen and oxygen atoms in total. The van der Waals surface area contributed by atoms with E-state index in [9.17, 15) is 0 Å². The van der Waals surface area contributed by atoms with E-state index in [4.69, 9.17) is 11.5 Å². The van der Waals surface area contributed by atoms with E-state index in [0.29, 0.717) is 12.4 Å². The van der Waals surface area contributed by atoms with Gasteiger partial charge in [0.25, 0.3) is 0 Å². The zero-order valence-electron chi connectivity index (χ0n) is 11.1. The van der Waals surface area contributed by atoms with Gasteiger partial charge in [-0.2, -0.15) is 5.10 Å². The highest BCUT2D eigenvalue weighted by molar-refractivity contribution is 5.97. The van der Waals surface area contributed by atoms with Crippen molar-refractivity contribution in [3.63, 3.8) is 0 Å². The van der Waals surface area contributed by atoms with Gasteiger partial charge in [-0.25, -0.2) is 0 Å². The number of rotatable bonds is 1. The van der Waals surface area contributed by atoms with Gasteiger partial charge in [-0.15, -0.1) is 0 Å². The van der Waals surface area contributed by atoms with Crippen molar-refractivity contribution >= 4 is 11.5 Å². The van der Waals surface area contributed by atoms with Gasteiger partial charge >= 0.3 is 0 Å². The molecule has 2 aromatic rings. The summed E-state index contributed by atoms with van der Waals surface area (Å²) < 4.78 is 1.92. The lowest BCUT2D eigenvalue weighted by Gasteiger charge is -2.31. The predicted octanol–water partition coefficient (Wildman–Crippen LogP) is 1.41. The first-order chi connectivity index (χ1) is 8.98. The van der Waals surface area contributed by atoms with Crippen molar-refractivity contribution in [1.82, 2.24) is 9.78 Å². The average molecular weight is 255 g/mol. The second kappa shape index (κ2) is 3.85. The fourth-order valence-electron chi connectivity index (χ4n) is 2.55. The average Bonchev–Trinajstić information content (AvgIpc) is 2.70. The monoisotopic (exact) mass is 255 g/mol. The zero-order chi connectivity index (χ0) is 13.6. The third kappa shape index (κ3) is 1.87. The summed E-state index contributed by atoms with van der Waals surface area (Å²) in [7, 11) is 0. The predicted molar refractivity (Wildman–Crippen MR) is 75.9 cm³/mol. The van der Waals surface area contributed by atoms with E-state index in [1.807, 2.05) is 41.9 Å². The number of hydrogen-bond donors (Lipinski definition) is 2. The maximum atomic E-state index is 6.07. The molecule has 0 aliphatic carbocycles. The highest BCUT2D eigenvalue weighted by Gasteiger charge is 2.33. The second-order valence-corrected chi connectivity index (χ2v) is 5.22. The number of nitrogen functional groups attached to an aromatic ring is 1. The molecule has 0 radical (unpaired) electrons. The van der Waals surface area contributed by atoms with Crippen molar-refractivity contribution < 1.29 is 0 Å². The molecule has 4 N–H and O–H groups in total. The number of amidine groups is 1. The van der Waals surface area contributed by atoms with Crippen LogP contribution in [0.1, 0.15) is 23.9 Å². The van der Waals surface area contributed by atoms with Crippen molar-refractivity contribution in [2.24, 2.45) is 10.7 Å². The topological polar surface area (TPSA) is 82.2 Å². The quantitative estimate of drug-likeness (QED) is 0.756. The van der Waals surface area contributed by atoms with Gasteiger partial charge in [-0.05, 0) is 37.6 Å². The molecule has 1 aliphatic rings. The summed E-state index contributed by atoms with van der Waals surface area (Å²) in [4.78, 5) is 4.66. The van der Waals surface area contributed by atoms with Crippen LogP contribution >= 0.6 is 0 Å². The molecule has 19 heavy (non-hydrogen) atoms. The van der Waals surface area contributed by atoms with Gasteiger partial charge in [0.1, 0.15) is 17.1 Å². The van der Waals surface area contributed by atoms with E-state index in [-0.39, 0.29) is 0 Å². The summed E-state index contributed by atoms with van der Waals surface area (Å²) in [5.74, 6) is 0.525. The first-order valence-electron chi connectivity index (χ1n) is 6.24. The molecule has 1 aromatic heterocycles. The van der Waals surface area contributed by atoms with Crippen LogP contribution in [-0.2, 0) is 12.1 Å². The number of nitrogens with two attached hydrogens (primary N) is 2. The fourth-order valence-corrected chi connectivity index (χ4v) is 2.55. The second-order valence-electron chi connectivity index (χ2n) is 5.22. The number of hydrogen-bond acceptors (Lipinski definition) is 4. The number of aryl methyl sites for hydroxylation is 1. The van der Waals surface area contributed by atoms with Crippen LogP contribution in [0.4, 0.5) is 5.69 Å². The number of aromatic nitrogens is 2. The Hall–Kier alpha value is -2.30. The van der Waals surface area contributed by atoms with Gasteiger partial charge in [-0.1, -0.05) is 12.1 Å². The van der Waals surface area contributed by atoms with Crippen molar-refractivity contribution in [2.75, 3.05) is 5.73 Å². The molecule has 1 aliphatic heterocycles. The molecular weight excluding hydrogens is 238 g/mol. The van der Waals surface area contributed by atoms with Crippen LogP contribution in [0.25, 0.3) is 0 Å². The smallest absolute Gasteiger partial charge is 0.145 e. The Bertz CT molecular complexity index is 670. The number of aliphatic imine (C=N–C) groups is 1. The standard InChI is InChI=1S/C14H17N5/c1-9-6-12-13(16)17-14(2,8-19(12)18-9)10-4-3-5-11(15)7-10/h3-7H,8,15H2,1-2H3,(H2,16,17). The number of anilines is 1. The molecular formula is C14H17N5. The minimum absolute atomic E-state index is 0.426. The molecule has 98 valence electrons. The Morgan fingerprint density at radius 3 is 2.79 bits per heavy atom. The van der Waals surface area contributed by atoms with Gasteiger partial charge in [0.15, 0.2) is 0 Å². The maximum absolute atomic E-state index is 6.07. The van der Waals surface area contributed by atoms with Gasteiger partial charge in [-0.3, -0.25) is 9.67 Å². The molecule has 0 spiro atoms. The lowest BCUT2D eigenvalue weighted by Crippen LogP contribution is -2.37. The van der Waals surface area contributed by atoms with Crippen LogP contribution in [0.2, 0.25) is 0 Å². The lowest BCUT2D eigenvalue weighted by molar-refractivity contribution is 0.376. The maximum Gasteiger partial charge on any atom is 0.145 e. The minimum Gasteiger partial charge on any atom is -0.399 e. The molecule has 0 fully saturated rings. The third-order valence-corrected chi connectivity index (χ3v) is 3.50. The normalized spacial score (nSPS) is 21.9. The van der Waals surface area contributed by atoms with Gasteiger partial charge in [0.05, 0.1) is 12.2 Å². The Kier molecular flexibility index (Phi) is 2.38. The van der Waals surface area contributed by atoms with E-state index >= 15 is 0 Å². The van der Waals surface area contributed by atoms with E-state index < -0.39 is 5.54 Å². The molecule has 1 atom stereocenters. The van der Waals surface area contributed by atoms with Crippen LogP contribution in [0.5, 0.6) is 0 Å². The van der Waals surface area contributed by atoms with Crippen molar-refractivity contribution in [1.29, 1.82) is 0 Å². The molecule has 2 heterocycles. The molecule has 1 aromatic carbocycles. The van der Waals surface area contributed by atoms with Gasteiger partial charge in [0.2, 0.25) is 0 Å². The Morgan fingerprint density at radius 1 is 1.26 bits per heavy atom. The summed E-state index contributed by atoms with van der Waals surface area (Å²) in [6, 6.07) is 9.72. The summed E-state index contributed by atoms with van der Waals surface area (Å²) in [6.07, 6.45) is 0. The largest absolute Gasteiger partial charge is 0.399 e. The molecule has 0 saturated carbocycles. The first kappa shape index (κ1) is 11.8. The molecule has 1 unspecified atom stereocenters. The van der Waals surface area contributed by atoms with Gasteiger partial charge in [0, 0.05) is 5.69 Å². The lowest BCUT2D eigenvalue weighted by atomic mass is 9.91. The van der Waals surface area contributed by atoms with Crippen LogP contribution in [0, 0.1) is 6.92 Å². The molecule has 0 amide bonds. The first-order valence-corrected chi connectivity index (χ1v) is 6.24. The highest BCUT2D eigenvalue weighted by Crippen LogP contribution is 2.32. The van der Waals surface area contributed by atoms with Crippen LogP contribution in [0.3, 0.4) is 0 Å². The summed E-state index contributed by atoms with van der Waals surface area (Å²) >= 11 is 0. The Morgan fingerprint density at radius 2 is 2.05 bits per heavy atom. The Labute approximate surface area is 111 Å². The number of benzene rings is 1. The van der Waals surface area contributed by atoms with Crippen LogP contribution in [0.15, 0.2) is 35.3 Å². The van der Waals surface area contributed by atoms with Gasteiger partial charge < -0.3 is 11.5 Å². The van der Waals surface area contributed by atoms with Crippen molar-refractivity contribution in [2.45, 2.75) is 25.9 Å². The van der Waals surface area contributed by atoms with E-state index in [2.05, 4.69) is 17.0 Å². The summed E-state index contributed by atoms with van der Waals surface area (Å²) in [6.45, 7) is 4.67. The van der Waals surface area contributed by atoms with Crippen LogP contribution in [-0.4, -0.2) is 15.6 Å². The third-order valence-electron chi connectivity index (χ3n) is 3.50.